The summed E-state index contributed by atoms with van der Waals surface area (Å²) in [6.07, 6.45) is 5.72. The van der Waals surface area contributed by atoms with Crippen molar-refractivity contribution in [2.24, 2.45) is 0 Å². The van der Waals surface area contributed by atoms with Crippen molar-refractivity contribution in [3.63, 3.8) is 0 Å². The highest BCUT2D eigenvalue weighted by Gasteiger charge is 1.94. The van der Waals surface area contributed by atoms with E-state index in [1.54, 1.807) is 0 Å². The van der Waals surface area contributed by atoms with E-state index in [4.69, 9.17) is 5.26 Å². The molecule has 0 N–H and O–H groups in total. The molecule has 0 fully saturated rings. The molecule has 0 aromatic rings. The molecule has 0 spiro atoms. The van der Waals surface area contributed by atoms with Gasteiger partial charge in [-0.15, -0.1) is 0 Å². The van der Waals surface area contributed by atoms with Crippen molar-refractivity contribution in [1.29, 1.82) is 5.26 Å². The Balaban J connectivity index is 4.59. The minimum Gasteiger partial charge on any atom is -0.192 e. The van der Waals surface area contributed by atoms with E-state index in [1.807, 2.05) is 39.0 Å². The van der Waals surface area contributed by atoms with Crippen LogP contribution >= 0.6 is 15.9 Å². The Morgan fingerprint density at radius 1 is 1.38 bits per heavy atom. The Bertz CT molecular complexity index is 286. The molecule has 0 atom stereocenters. The van der Waals surface area contributed by atoms with Gasteiger partial charge in [-0.2, -0.15) is 5.26 Å². The van der Waals surface area contributed by atoms with Crippen LogP contribution in [-0.2, 0) is 0 Å². The fourth-order valence-corrected chi connectivity index (χ4v) is 0.986. The summed E-state index contributed by atoms with van der Waals surface area (Å²) >= 11 is 3.32. The number of hydrogen-bond acceptors (Lipinski definition) is 1. The monoisotopic (exact) mass is 239 g/mol. The number of rotatable bonds is 3. The van der Waals surface area contributed by atoms with E-state index < -0.39 is 0 Å². The standard InChI is InChI=1S/C11H14BrN/c1-9(2)5-4-6-11(8-13)10(3)7-12/h4-6H,7H2,1-3H3/b6-4-,11-10-. The van der Waals surface area contributed by atoms with Crippen molar-refractivity contribution in [2.45, 2.75) is 20.8 Å². The van der Waals surface area contributed by atoms with Crippen LogP contribution in [0.1, 0.15) is 20.8 Å². The number of nitrogens with zero attached hydrogens (tertiary/aromatic N) is 1. The lowest BCUT2D eigenvalue weighted by atomic mass is 10.1. The molecule has 0 rings (SSSR count). The van der Waals surface area contributed by atoms with E-state index in [0.717, 1.165) is 16.5 Å². The van der Waals surface area contributed by atoms with Gasteiger partial charge in [-0.3, -0.25) is 0 Å². The number of halogens is 1. The van der Waals surface area contributed by atoms with Crippen LogP contribution in [-0.4, -0.2) is 5.33 Å². The van der Waals surface area contributed by atoms with E-state index in [1.165, 1.54) is 5.57 Å². The Labute approximate surface area is 88.6 Å². The van der Waals surface area contributed by atoms with Gasteiger partial charge < -0.3 is 0 Å². The third-order valence-electron chi connectivity index (χ3n) is 1.47. The molecule has 0 heterocycles. The zero-order chi connectivity index (χ0) is 10.3. The van der Waals surface area contributed by atoms with Gasteiger partial charge in [0.1, 0.15) is 0 Å². The molecule has 0 aromatic carbocycles. The lowest BCUT2D eigenvalue weighted by molar-refractivity contribution is 1.35. The minimum absolute atomic E-state index is 0.731. The molecule has 0 unspecified atom stereocenters. The molecule has 0 aliphatic carbocycles. The SMILES string of the molecule is CC(C)=C/C=C\C(C#N)=C(/C)CBr. The largest absolute Gasteiger partial charge is 0.192 e. The molecule has 0 aliphatic heterocycles. The van der Waals surface area contributed by atoms with Gasteiger partial charge in [0, 0.05) is 5.33 Å². The van der Waals surface area contributed by atoms with Gasteiger partial charge in [0.25, 0.3) is 0 Å². The third-order valence-corrected chi connectivity index (χ3v) is 2.31. The van der Waals surface area contributed by atoms with Crippen molar-refractivity contribution in [1.82, 2.24) is 0 Å². The zero-order valence-corrected chi connectivity index (χ0v) is 9.85. The average Bonchev–Trinajstić information content (AvgIpc) is 2.11. The van der Waals surface area contributed by atoms with Gasteiger partial charge in [-0.25, -0.2) is 0 Å². The van der Waals surface area contributed by atoms with Crippen LogP contribution in [0.4, 0.5) is 0 Å². The quantitative estimate of drug-likeness (QED) is 0.418. The summed E-state index contributed by atoms with van der Waals surface area (Å²) in [7, 11) is 0. The second-order valence-electron chi connectivity index (χ2n) is 3.04. The lowest BCUT2D eigenvalue weighted by Crippen LogP contribution is -1.82. The fraction of sp³-hybridized carbons (Fsp3) is 0.364. The molecule has 0 bridgehead atoms. The predicted octanol–water partition coefficient (Wildman–Crippen LogP) is 3.74. The first kappa shape index (κ1) is 12.2. The second kappa shape index (κ2) is 6.68. The maximum atomic E-state index is 8.79. The predicted molar refractivity (Wildman–Crippen MR) is 60.7 cm³/mol. The first-order valence-corrected chi connectivity index (χ1v) is 5.21. The maximum Gasteiger partial charge on any atom is 0.0991 e. The van der Waals surface area contributed by atoms with Crippen molar-refractivity contribution in [3.8, 4) is 6.07 Å². The summed E-state index contributed by atoms with van der Waals surface area (Å²) in [5.41, 5.74) is 3.01. The highest BCUT2D eigenvalue weighted by atomic mass is 79.9. The fourth-order valence-electron chi connectivity index (χ4n) is 0.684. The van der Waals surface area contributed by atoms with Crippen LogP contribution < -0.4 is 0 Å². The third kappa shape index (κ3) is 5.43. The summed E-state index contributed by atoms with van der Waals surface area (Å²) in [5.74, 6) is 0. The van der Waals surface area contributed by atoms with Gasteiger partial charge >= 0.3 is 0 Å². The normalized spacial score (nSPS) is 12.2. The highest BCUT2D eigenvalue weighted by molar-refractivity contribution is 9.09. The van der Waals surface area contributed by atoms with Gasteiger partial charge in [0.2, 0.25) is 0 Å². The van der Waals surface area contributed by atoms with Crippen LogP contribution in [0, 0.1) is 11.3 Å². The Morgan fingerprint density at radius 3 is 2.38 bits per heavy atom. The van der Waals surface area contributed by atoms with Crippen LogP contribution in [0.3, 0.4) is 0 Å². The molecular formula is C11H14BrN. The minimum atomic E-state index is 0.731. The molecule has 0 aliphatic rings. The lowest BCUT2D eigenvalue weighted by Gasteiger charge is -1.94. The van der Waals surface area contributed by atoms with Crippen molar-refractivity contribution in [2.75, 3.05) is 5.33 Å². The van der Waals surface area contributed by atoms with Crippen molar-refractivity contribution >= 4 is 15.9 Å². The topological polar surface area (TPSA) is 23.8 Å². The number of nitriles is 1. The Kier molecular flexibility index (Phi) is 6.26. The van der Waals surface area contributed by atoms with Gasteiger partial charge in [0.15, 0.2) is 0 Å². The molecule has 0 aromatic heterocycles. The summed E-state index contributed by atoms with van der Waals surface area (Å²) in [6, 6.07) is 2.16. The van der Waals surface area contributed by atoms with E-state index >= 15 is 0 Å². The van der Waals surface area contributed by atoms with E-state index in [9.17, 15) is 0 Å². The average molecular weight is 240 g/mol. The van der Waals surface area contributed by atoms with Gasteiger partial charge in [0.05, 0.1) is 11.6 Å². The summed E-state index contributed by atoms with van der Waals surface area (Å²) in [6.45, 7) is 6.00. The molecule has 0 saturated heterocycles. The molecule has 1 nitrogen and oxygen atoms in total. The summed E-state index contributed by atoms with van der Waals surface area (Å²) < 4.78 is 0. The van der Waals surface area contributed by atoms with Crippen LogP contribution in [0.2, 0.25) is 0 Å². The van der Waals surface area contributed by atoms with E-state index in [-0.39, 0.29) is 0 Å². The number of hydrogen-bond donors (Lipinski definition) is 0. The number of alkyl halides is 1. The smallest absolute Gasteiger partial charge is 0.0991 e. The molecular weight excluding hydrogens is 226 g/mol. The van der Waals surface area contributed by atoms with Gasteiger partial charge in [-0.1, -0.05) is 33.7 Å². The first-order valence-electron chi connectivity index (χ1n) is 4.09. The van der Waals surface area contributed by atoms with Gasteiger partial charge in [-0.05, 0) is 32.4 Å². The zero-order valence-electron chi connectivity index (χ0n) is 8.26. The van der Waals surface area contributed by atoms with Crippen LogP contribution in [0.5, 0.6) is 0 Å². The summed E-state index contributed by atoms with van der Waals surface area (Å²) in [5, 5.41) is 9.54. The molecule has 2 heteroatoms. The van der Waals surface area contributed by atoms with Crippen molar-refractivity contribution in [3.05, 3.63) is 34.9 Å². The first-order chi connectivity index (χ1) is 6.11. The Morgan fingerprint density at radius 2 is 2.00 bits per heavy atom. The molecule has 0 saturated carbocycles. The molecule has 0 amide bonds. The summed E-state index contributed by atoms with van der Waals surface area (Å²) in [4.78, 5) is 0. The molecule has 13 heavy (non-hydrogen) atoms. The van der Waals surface area contributed by atoms with E-state index in [2.05, 4.69) is 22.0 Å². The van der Waals surface area contributed by atoms with Crippen molar-refractivity contribution < 1.29 is 0 Å². The second-order valence-corrected chi connectivity index (χ2v) is 3.60. The van der Waals surface area contributed by atoms with Crippen LogP contribution in [0.15, 0.2) is 34.9 Å². The Hall–Kier alpha value is -0.810. The maximum absolute atomic E-state index is 8.79. The molecule has 70 valence electrons. The highest BCUT2D eigenvalue weighted by Crippen LogP contribution is 2.07. The molecule has 0 radical (unpaired) electrons. The van der Waals surface area contributed by atoms with Crippen LogP contribution in [0.25, 0.3) is 0 Å². The number of allylic oxidation sites excluding steroid dienone is 6. The van der Waals surface area contributed by atoms with E-state index in [0.29, 0.717) is 0 Å².